The Morgan fingerprint density at radius 2 is 2.16 bits per heavy atom. The van der Waals surface area contributed by atoms with Crippen molar-refractivity contribution >= 4 is 29.7 Å². The number of allylic oxidation sites excluding steroid dienone is 2. The molecule has 4 nitrogen and oxygen atoms in total. The van der Waals surface area contributed by atoms with Gasteiger partial charge in [0.15, 0.2) is 6.61 Å². The summed E-state index contributed by atoms with van der Waals surface area (Å²) in [7, 11) is 0. The molecule has 0 N–H and O–H groups in total. The molecular formula is C20H22N2O2S. The van der Waals surface area contributed by atoms with Crippen LogP contribution in [0.25, 0.3) is 0 Å². The fourth-order valence-corrected chi connectivity index (χ4v) is 2.40. The van der Waals surface area contributed by atoms with E-state index in [0.717, 1.165) is 23.3 Å². The van der Waals surface area contributed by atoms with Gasteiger partial charge in [-0.15, -0.1) is 0 Å². The monoisotopic (exact) mass is 354 g/mol. The number of hydrogen-bond donors (Lipinski definition) is 0. The first kappa shape index (κ1) is 18.8. The number of aryl methyl sites for hydroxylation is 1. The van der Waals surface area contributed by atoms with E-state index in [0.29, 0.717) is 18.8 Å². The Kier molecular flexibility index (Phi) is 7.29. The lowest BCUT2D eigenvalue weighted by Gasteiger charge is -2.26. The number of dihydropyridines is 1. The van der Waals surface area contributed by atoms with Gasteiger partial charge in [-0.2, -0.15) is 0 Å². The maximum Gasteiger partial charge on any atom is 0.265 e. The molecule has 0 spiro atoms. The second kappa shape index (κ2) is 9.69. The zero-order valence-corrected chi connectivity index (χ0v) is 15.2. The van der Waals surface area contributed by atoms with Gasteiger partial charge < -0.3 is 9.64 Å². The van der Waals surface area contributed by atoms with Gasteiger partial charge in [-0.3, -0.25) is 9.79 Å². The van der Waals surface area contributed by atoms with Gasteiger partial charge in [-0.05, 0) is 24.6 Å². The summed E-state index contributed by atoms with van der Waals surface area (Å²) in [5.74, 6) is 0.551. The Hall–Kier alpha value is -2.53. The molecule has 130 valence electrons. The van der Waals surface area contributed by atoms with Gasteiger partial charge in [-0.25, -0.2) is 0 Å². The van der Waals surface area contributed by atoms with Crippen molar-refractivity contribution in [3.63, 3.8) is 0 Å². The van der Waals surface area contributed by atoms with Gasteiger partial charge >= 0.3 is 0 Å². The van der Waals surface area contributed by atoms with Crippen LogP contribution in [0.2, 0.25) is 0 Å². The van der Waals surface area contributed by atoms with Crippen molar-refractivity contribution in [2.45, 2.75) is 13.3 Å². The zero-order valence-electron chi connectivity index (χ0n) is 14.4. The summed E-state index contributed by atoms with van der Waals surface area (Å²) in [6, 6.07) is 7.62. The number of amides is 1. The van der Waals surface area contributed by atoms with E-state index in [-0.39, 0.29) is 12.5 Å². The van der Waals surface area contributed by atoms with Crippen LogP contribution < -0.4 is 4.74 Å². The van der Waals surface area contributed by atoms with Crippen LogP contribution in [-0.2, 0) is 4.79 Å². The fourth-order valence-electron chi connectivity index (χ4n) is 2.32. The van der Waals surface area contributed by atoms with Crippen LogP contribution >= 0.6 is 12.2 Å². The number of benzene rings is 1. The van der Waals surface area contributed by atoms with Gasteiger partial charge in [0.25, 0.3) is 5.91 Å². The minimum absolute atomic E-state index is 0.0335. The third-order valence-corrected chi connectivity index (χ3v) is 3.80. The Bertz CT molecular complexity index is 718. The summed E-state index contributed by atoms with van der Waals surface area (Å²) in [5.41, 5.74) is 2.81. The number of aliphatic imine (C=N–C) groups is 1. The van der Waals surface area contributed by atoms with Gasteiger partial charge in [0.2, 0.25) is 0 Å². The van der Waals surface area contributed by atoms with Crippen molar-refractivity contribution in [1.82, 2.24) is 4.90 Å². The fraction of sp³-hybridized carbons (Fsp3) is 0.250. The second-order valence-corrected chi connectivity index (χ2v) is 5.96. The molecule has 0 fully saturated rings. The lowest BCUT2D eigenvalue weighted by Crippen LogP contribution is -2.37. The largest absolute Gasteiger partial charge is 0.484 e. The number of carbonyl (C=O) groups excluding carboxylic acids is 1. The third kappa shape index (κ3) is 6.12. The summed E-state index contributed by atoms with van der Waals surface area (Å²) < 4.78 is 5.63. The molecule has 0 unspecified atom stereocenters. The van der Waals surface area contributed by atoms with Crippen LogP contribution in [0.1, 0.15) is 12.0 Å². The van der Waals surface area contributed by atoms with Gasteiger partial charge in [0, 0.05) is 23.7 Å². The molecule has 1 amide bonds. The van der Waals surface area contributed by atoms with Crippen LogP contribution in [-0.4, -0.2) is 42.1 Å². The number of thiocarbonyl (C=S) groups is 1. The first-order chi connectivity index (χ1) is 12.1. The van der Waals surface area contributed by atoms with E-state index in [1.165, 1.54) is 5.37 Å². The number of rotatable bonds is 8. The highest BCUT2D eigenvalue weighted by atomic mass is 32.1. The number of hydrogen-bond acceptors (Lipinski definition) is 4. The predicted molar refractivity (Wildman–Crippen MR) is 106 cm³/mol. The van der Waals surface area contributed by atoms with E-state index >= 15 is 0 Å². The minimum atomic E-state index is -0.124. The van der Waals surface area contributed by atoms with Crippen molar-refractivity contribution in [3.05, 3.63) is 65.9 Å². The van der Waals surface area contributed by atoms with Gasteiger partial charge in [0.05, 0.1) is 13.1 Å². The highest BCUT2D eigenvalue weighted by Crippen LogP contribution is 2.15. The van der Waals surface area contributed by atoms with Crippen molar-refractivity contribution in [1.29, 1.82) is 0 Å². The molecule has 1 aromatic carbocycles. The third-order valence-electron chi connectivity index (χ3n) is 3.64. The summed E-state index contributed by atoms with van der Waals surface area (Å²) in [4.78, 5) is 18.6. The summed E-state index contributed by atoms with van der Waals surface area (Å²) in [6.45, 7) is 6.83. The van der Waals surface area contributed by atoms with E-state index in [1.807, 2.05) is 43.5 Å². The van der Waals surface area contributed by atoms with Crippen LogP contribution in [0.3, 0.4) is 0 Å². The average Bonchev–Trinajstić information content (AvgIpc) is 2.64. The molecule has 1 aromatic rings. The van der Waals surface area contributed by atoms with E-state index in [2.05, 4.69) is 11.6 Å². The first-order valence-electron chi connectivity index (χ1n) is 8.07. The van der Waals surface area contributed by atoms with E-state index < -0.39 is 0 Å². The highest BCUT2D eigenvalue weighted by molar-refractivity contribution is 7.79. The average molecular weight is 354 g/mol. The Morgan fingerprint density at radius 1 is 1.40 bits per heavy atom. The number of nitrogens with zero attached hydrogens (tertiary/aromatic N) is 2. The van der Waals surface area contributed by atoms with Crippen LogP contribution in [0.4, 0.5) is 0 Å². The van der Waals surface area contributed by atoms with E-state index in [9.17, 15) is 4.79 Å². The molecule has 25 heavy (non-hydrogen) atoms. The molecule has 0 atom stereocenters. The van der Waals surface area contributed by atoms with E-state index in [4.69, 9.17) is 17.0 Å². The van der Waals surface area contributed by atoms with Crippen LogP contribution in [0.5, 0.6) is 5.75 Å². The number of carbonyl (C=O) groups is 1. The molecule has 0 aliphatic carbocycles. The Labute approximate surface area is 154 Å². The maximum absolute atomic E-state index is 12.7. The SMILES string of the molecule is C=C(/C=C\C=S)CN(C(=O)COc1ccc(C)cc1)C1=CCC=NC1. The molecule has 1 aliphatic heterocycles. The molecule has 1 aliphatic rings. The van der Waals surface area contributed by atoms with Crippen LogP contribution in [0.15, 0.2) is 65.3 Å². The molecule has 0 saturated carbocycles. The number of ether oxygens (including phenoxy) is 1. The predicted octanol–water partition coefficient (Wildman–Crippen LogP) is 3.67. The molecule has 0 radical (unpaired) electrons. The quantitative estimate of drug-likeness (QED) is 0.406. The van der Waals surface area contributed by atoms with Crippen molar-refractivity contribution in [3.8, 4) is 5.75 Å². The second-order valence-electron chi connectivity index (χ2n) is 5.69. The Morgan fingerprint density at radius 3 is 2.80 bits per heavy atom. The van der Waals surface area contributed by atoms with Crippen molar-refractivity contribution < 1.29 is 9.53 Å². The van der Waals surface area contributed by atoms with Crippen LogP contribution in [0, 0.1) is 6.92 Å². The molecule has 1 heterocycles. The minimum Gasteiger partial charge on any atom is -0.484 e. The van der Waals surface area contributed by atoms with Crippen molar-refractivity contribution in [2.24, 2.45) is 4.99 Å². The summed E-state index contributed by atoms with van der Waals surface area (Å²) >= 11 is 4.78. The Balaban J connectivity index is 2.04. The van der Waals surface area contributed by atoms with Gasteiger partial charge in [0.1, 0.15) is 5.75 Å². The van der Waals surface area contributed by atoms with Gasteiger partial charge in [-0.1, -0.05) is 54.7 Å². The maximum atomic E-state index is 12.7. The zero-order chi connectivity index (χ0) is 18.1. The standard InChI is InChI=1S/C20H22N2O2S/c1-16-7-9-19(10-8-16)24-15-20(23)22(14-17(2)5-4-12-25)18-6-3-11-21-13-18/h4-12H,2-3,13-15H2,1H3/b5-4-. The summed E-state index contributed by atoms with van der Waals surface area (Å²) in [5, 5.41) is 1.52. The van der Waals surface area contributed by atoms with Crippen molar-refractivity contribution in [2.75, 3.05) is 19.7 Å². The molecule has 0 saturated heterocycles. The molecule has 0 bridgehead atoms. The van der Waals surface area contributed by atoms with E-state index in [1.54, 1.807) is 17.1 Å². The molecule has 2 rings (SSSR count). The molecule has 0 aromatic heterocycles. The lowest BCUT2D eigenvalue weighted by atomic mass is 10.2. The summed E-state index contributed by atoms with van der Waals surface area (Å²) in [6.07, 6.45) is 8.11. The lowest BCUT2D eigenvalue weighted by molar-refractivity contribution is -0.131. The highest BCUT2D eigenvalue weighted by Gasteiger charge is 2.19. The molecular weight excluding hydrogens is 332 g/mol. The molecule has 5 heteroatoms. The smallest absolute Gasteiger partial charge is 0.265 e. The first-order valence-corrected chi connectivity index (χ1v) is 8.54. The normalized spacial score (nSPS) is 13.4. The topological polar surface area (TPSA) is 41.9 Å².